The van der Waals surface area contributed by atoms with Crippen LogP contribution in [0.2, 0.25) is 0 Å². The van der Waals surface area contributed by atoms with Crippen LogP contribution in [0.4, 0.5) is 11.4 Å². The lowest BCUT2D eigenvalue weighted by molar-refractivity contribution is 0.522. The SMILES string of the molecule is C1=CC2=c3nc(-c4ccccc4)oc3=C(C3=CC=C(N(c4ccc5c(c4)sc4ccccc45)c4ccc5c(c4)c4ccccc4n5-c4ccccc4)CC3)CC2CC1. The minimum Gasteiger partial charge on any atom is -0.436 e. The number of hydrogen-bond donors (Lipinski definition) is 0. The fraction of sp³-hybridized carbons (Fsp3) is 0.113. The van der Waals surface area contributed by atoms with Crippen molar-refractivity contribution >= 4 is 75.8 Å². The molecule has 0 N–H and O–H groups in total. The Kier molecular flexibility index (Phi) is 7.77. The minimum atomic E-state index is 0.460. The van der Waals surface area contributed by atoms with Gasteiger partial charge in [-0.25, -0.2) is 4.98 Å². The molecule has 0 spiro atoms. The molecule has 0 radical (unpaired) electrons. The normalized spacial score (nSPS) is 16.5. The summed E-state index contributed by atoms with van der Waals surface area (Å²) < 4.78 is 11.7. The summed E-state index contributed by atoms with van der Waals surface area (Å²) in [6.45, 7) is 0. The molecule has 1 atom stereocenters. The first-order chi connectivity index (χ1) is 28.7. The highest BCUT2D eigenvalue weighted by Crippen LogP contribution is 2.44. The molecule has 58 heavy (non-hydrogen) atoms. The van der Waals surface area contributed by atoms with Crippen molar-refractivity contribution < 1.29 is 4.42 Å². The van der Waals surface area contributed by atoms with Gasteiger partial charge in [-0.1, -0.05) is 97.1 Å². The monoisotopic (exact) mass is 765 g/mol. The third-order valence-corrected chi connectivity index (χ3v) is 13.6. The van der Waals surface area contributed by atoms with Crippen LogP contribution in [0.25, 0.3) is 70.3 Å². The van der Waals surface area contributed by atoms with E-state index in [1.165, 1.54) is 75.8 Å². The van der Waals surface area contributed by atoms with Crippen LogP contribution < -0.4 is 15.7 Å². The van der Waals surface area contributed by atoms with E-state index in [2.05, 4.69) is 173 Å². The number of thiophene rings is 1. The van der Waals surface area contributed by atoms with E-state index in [-0.39, 0.29) is 0 Å². The molecule has 4 nitrogen and oxygen atoms in total. The number of fused-ring (bicyclic) bond motifs is 8. The molecule has 5 heteroatoms. The number of oxazole rings is 1. The molecule has 12 rings (SSSR count). The lowest BCUT2D eigenvalue weighted by Crippen LogP contribution is -2.35. The van der Waals surface area contributed by atoms with Crippen LogP contribution in [0, 0.1) is 5.92 Å². The Balaban J connectivity index is 1.03. The van der Waals surface area contributed by atoms with Crippen molar-refractivity contribution in [3.8, 4) is 17.1 Å². The Hall–Kier alpha value is -6.69. The van der Waals surface area contributed by atoms with Gasteiger partial charge < -0.3 is 13.9 Å². The summed E-state index contributed by atoms with van der Waals surface area (Å²) in [5, 5.41) is 6.16. The highest BCUT2D eigenvalue weighted by Gasteiger charge is 2.29. The van der Waals surface area contributed by atoms with Gasteiger partial charge in [0.2, 0.25) is 5.89 Å². The van der Waals surface area contributed by atoms with Crippen molar-refractivity contribution in [1.82, 2.24) is 9.55 Å². The van der Waals surface area contributed by atoms with E-state index in [0.29, 0.717) is 11.8 Å². The van der Waals surface area contributed by atoms with E-state index in [1.54, 1.807) is 0 Å². The summed E-state index contributed by atoms with van der Waals surface area (Å²) in [7, 11) is 0. The highest BCUT2D eigenvalue weighted by atomic mass is 32.1. The molecule has 3 aliphatic carbocycles. The predicted molar refractivity (Wildman–Crippen MR) is 242 cm³/mol. The fourth-order valence-electron chi connectivity index (χ4n) is 9.68. The number of nitrogens with zero attached hydrogens (tertiary/aromatic N) is 3. The molecule has 0 aliphatic heterocycles. The predicted octanol–water partition coefficient (Wildman–Crippen LogP) is 12.9. The molecule has 278 valence electrons. The molecule has 0 saturated heterocycles. The minimum absolute atomic E-state index is 0.460. The molecule has 1 unspecified atom stereocenters. The van der Waals surface area contributed by atoms with Crippen molar-refractivity contribution in [2.45, 2.75) is 32.1 Å². The zero-order chi connectivity index (χ0) is 38.2. The first-order valence-corrected chi connectivity index (χ1v) is 21.2. The average molecular weight is 766 g/mol. The van der Waals surface area contributed by atoms with Gasteiger partial charge in [-0.3, -0.25) is 0 Å². The maximum atomic E-state index is 6.72. The molecule has 0 amide bonds. The van der Waals surface area contributed by atoms with Gasteiger partial charge in [0.1, 0.15) is 5.35 Å². The van der Waals surface area contributed by atoms with Gasteiger partial charge in [0.15, 0.2) is 5.42 Å². The Labute approximate surface area is 340 Å². The van der Waals surface area contributed by atoms with Gasteiger partial charge in [-0.15, -0.1) is 11.3 Å². The summed E-state index contributed by atoms with van der Waals surface area (Å²) >= 11 is 1.87. The fourth-order valence-corrected chi connectivity index (χ4v) is 10.8. The van der Waals surface area contributed by atoms with Crippen LogP contribution in [0.1, 0.15) is 32.1 Å². The number of benzene rings is 6. The smallest absolute Gasteiger partial charge is 0.227 e. The first kappa shape index (κ1) is 33.4. The molecule has 9 aromatic rings. The quantitative estimate of drug-likeness (QED) is 0.169. The number of aromatic nitrogens is 2. The van der Waals surface area contributed by atoms with E-state index >= 15 is 0 Å². The summed E-state index contributed by atoms with van der Waals surface area (Å²) in [5.74, 6) is 1.16. The third kappa shape index (κ3) is 5.38. The van der Waals surface area contributed by atoms with Gasteiger partial charge >= 0.3 is 0 Å². The molecule has 0 saturated carbocycles. The maximum Gasteiger partial charge on any atom is 0.227 e. The highest BCUT2D eigenvalue weighted by molar-refractivity contribution is 7.25. The number of rotatable bonds is 6. The van der Waals surface area contributed by atoms with Crippen LogP contribution in [0.5, 0.6) is 0 Å². The molecular formula is C53H39N3OS. The van der Waals surface area contributed by atoms with Crippen molar-refractivity contribution in [3.63, 3.8) is 0 Å². The number of para-hydroxylation sites is 2. The zero-order valence-corrected chi connectivity index (χ0v) is 32.8. The summed E-state index contributed by atoms with van der Waals surface area (Å²) in [6, 6.07) is 52.7. The summed E-state index contributed by atoms with van der Waals surface area (Å²) in [5.41, 5.74) is 13.2. The van der Waals surface area contributed by atoms with Crippen molar-refractivity contribution in [3.05, 3.63) is 192 Å². The molecule has 0 bridgehead atoms. The van der Waals surface area contributed by atoms with Crippen LogP contribution in [0.3, 0.4) is 0 Å². The Bertz CT molecular complexity index is 3320. The van der Waals surface area contributed by atoms with Gasteiger partial charge in [0.05, 0.1) is 11.0 Å². The Morgan fingerprint density at radius 3 is 2.26 bits per heavy atom. The van der Waals surface area contributed by atoms with E-state index in [4.69, 9.17) is 9.40 Å². The number of hydrogen-bond acceptors (Lipinski definition) is 4. The topological polar surface area (TPSA) is 34.2 Å². The first-order valence-electron chi connectivity index (χ1n) is 20.4. The van der Waals surface area contributed by atoms with E-state index in [1.807, 2.05) is 17.4 Å². The lowest BCUT2D eigenvalue weighted by atomic mass is 9.78. The number of allylic oxidation sites excluding steroid dienone is 6. The van der Waals surface area contributed by atoms with E-state index in [0.717, 1.165) is 54.1 Å². The maximum absolute atomic E-state index is 6.72. The second-order valence-corrected chi connectivity index (χ2v) is 16.8. The van der Waals surface area contributed by atoms with E-state index < -0.39 is 0 Å². The van der Waals surface area contributed by atoms with Crippen LogP contribution in [-0.4, -0.2) is 9.55 Å². The summed E-state index contributed by atoms with van der Waals surface area (Å²) in [4.78, 5) is 7.66. The second kappa shape index (κ2) is 13.5. The molecule has 3 heterocycles. The van der Waals surface area contributed by atoms with Gasteiger partial charge in [0, 0.05) is 64.8 Å². The molecular weight excluding hydrogens is 727 g/mol. The van der Waals surface area contributed by atoms with E-state index in [9.17, 15) is 0 Å². The van der Waals surface area contributed by atoms with Crippen LogP contribution >= 0.6 is 11.3 Å². The van der Waals surface area contributed by atoms with Crippen molar-refractivity contribution in [2.75, 3.05) is 4.90 Å². The third-order valence-electron chi connectivity index (χ3n) is 12.4. The molecule has 6 aromatic carbocycles. The van der Waals surface area contributed by atoms with Gasteiger partial charge in [-0.2, -0.15) is 0 Å². The molecule has 0 fully saturated rings. The molecule has 3 aliphatic rings. The Morgan fingerprint density at radius 2 is 1.40 bits per heavy atom. The second-order valence-electron chi connectivity index (χ2n) is 15.7. The number of anilines is 2. The largest absolute Gasteiger partial charge is 0.436 e. The summed E-state index contributed by atoms with van der Waals surface area (Å²) in [6.07, 6.45) is 14.4. The Morgan fingerprint density at radius 1 is 0.655 bits per heavy atom. The van der Waals surface area contributed by atoms with Crippen molar-refractivity contribution in [1.29, 1.82) is 0 Å². The van der Waals surface area contributed by atoms with Gasteiger partial charge in [-0.05, 0) is 122 Å². The zero-order valence-electron chi connectivity index (χ0n) is 31.9. The standard InChI is InChI=1S/C53H39N3OS/c1-3-13-35(14-4-1)53-54-51-41-18-8-7-15-36(41)31-45(52(51)57-53)34-23-25-38(26-24-34)55(40-27-29-44-43-20-10-12-22-49(43)58-50(44)33-40)39-28-30-48-46(32-39)42-19-9-11-21-47(42)56(48)37-16-5-2-6-17-37/h1-6,8-14,16-23,25,27-30,32-33,36H,7,15,24,26,31H2. The van der Waals surface area contributed by atoms with Crippen molar-refractivity contribution in [2.24, 2.45) is 5.92 Å². The lowest BCUT2D eigenvalue weighted by Gasteiger charge is -2.31. The van der Waals surface area contributed by atoms with Gasteiger partial charge in [0.25, 0.3) is 0 Å². The molecule has 3 aromatic heterocycles. The average Bonchev–Trinajstić information content (AvgIpc) is 4.00. The van der Waals surface area contributed by atoms with Crippen LogP contribution in [0.15, 0.2) is 186 Å². The van der Waals surface area contributed by atoms with Crippen LogP contribution in [-0.2, 0) is 0 Å².